The number of carbonyl (C=O) groups is 1. The molecular formula is C17H24O2. The van der Waals surface area contributed by atoms with Crippen LogP contribution in [0.2, 0.25) is 0 Å². The van der Waals surface area contributed by atoms with Crippen molar-refractivity contribution >= 4 is 5.78 Å². The fourth-order valence-electron chi connectivity index (χ4n) is 3.16. The second-order valence-corrected chi connectivity index (χ2v) is 5.38. The van der Waals surface area contributed by atoms with Gasteiger partial charge < -0.3 is 4.74 Å². The van der Waals surface area contributed by atoms with Crippen LogP contribution in [0.15, 0.2) is 24.3 Å². The molecule has 0 bridgehead atoms. The number of hydrogen-bond donors (Lipinski definition) is 0. The number of carbonyl (C=O) groups excluding carboxylic acids is 1. The van der Waals surface area contributed by atoms with Gasteiger partial charge in [0.15, 0.2) is 5.78 Å². The maximum absolute atomic E-state index is 12.7. The van der Waals surface area contributed by atoms with Gasteiger partial charge in [-0.3, -0.25) is 4.79 Å². The number of ether oxygens (including phenoxy) is 1. The van der Waals surface area contributed by atoms with Crippen molar-refractivity contribution in [1.29, 1.82) is 0 Å². The molecular weight excluding hydrogens is 236 g/mol. The molecule has 1 aromatic rings. The first-order valence-electron chi connectivity index (χ1n) is 7.53. The van der Waals surface area contributed by atoms with E-state index >= 15 is 0 Å². The Morgan fingerprint density at radius 3 is 2.79 bits per heavy atom. The number of benzene rings is 1. The molecule has 2 unspecified atom stereocenters. The number of Topliss-reactive ketones (excluding diaryl/α,β-unsaturated/α-hetero) is 1. The lowest BCUT2D eigenvalue weighted by atomic mass is 9.74. The monoisotopic (exact) mass is 260 g/mol. The zero-order chi connectivity index (χ0) is 13.7. The quantitative estimate of drug-likeness (QED) is 0.729. The Kier molecular flexibility index (Phi) is 5.00. The van der Waals surface area contributed by atoms with Crippen molar-refractivity contribution in [2.75, 3.05) is 6.61 Å². The molecule has 104 valence electrons. The molecule has 2 nitrogen and oxygen atoms in total. The van der Waals surface area contributed by atoms with E-state index in [1.807, 2.05) is 31.2 Å². The molecule has 2 rings (SSSR count). The average Bonchev–Trinajstić information content (AvgIpc) is 2.47. The Balaban J connectivity index is 2.15. The van der Waals surface area contributed by atoms with E-state index in [9.17, 15) is 4.79 Å². The van der Waals surface area contributed by atoms with Crippen LogP contribution in [-0.2, 0) is 0 Å². The minimum atomic E-state index is 0.218. The number of hydrogen-bond acceptors (Lipinski definition) is 2. The Hall–Kier alpha value is -1.31. The summed E-state index contributed by atoms with van der Waals surface area (Å²) in [5, 5.41) is 0. The standard InChI is InChI=1S/C17H24O2/c1-3-13-8-5-6-11-16(13)17(18)14-9-7-10-15(12-14)19-4-2/h7,9-10,12-13,16H,3-6,8,11H2,1-2H3. The van der Waals surface area contributed by atoms with Crippen LogP contribution in [0.3, 0.4) is 0 Å². The van der Waals surface area contributed by atoms with Crippen molar-refractivity contribution in [3.63, 3.8) is 0 Å². The van der Waals surface area contributed by atoms with Gasteiger partial charge in [-0.25, -0.2) is 0 Å². The van der Waals surface area contributed by atoms with Crippen LogP contribution in [0, 0.1) is 11.8 Å². The van der Waals surface area contributed by atoms with Gasteiger partial charge in [-0.2, -0.15) is 0 Å². The van der Waals surface area contributed by atoms with E-state index in [0.29, 0.717) is 18.3 Å². The highest BCUT2D eigenvalue weighted by atomic mass is 16.5. The molecule has 2 atom stereocenters. The Labute approximate surface area is 116 Å². The number of ketones is 1. The molecule has 19 heavy (non-hydrogen) atoms. The summed E-state index contributed by atoms with van der Waals surface area (Å²) in [6.07, 6.45) is 5.84. The third-order valence-electron chi connectivity index (χ3n) is 4.20. The zero-order valence-electron chi connectivity index (χ0n) is 12.0. The highest BCUT2D eigenvalue weighted by Crippen LogP contribution is 2.34. The van der Waals surface area contributed by atoms with Crippen molar-refractivity contribution < 1.29 is 9.53 Å². The Morgan fingerprint density at radius 1 is 1.26 bits per heavy atom. The van der Waals surface area contributed by atoms with E-state index in [0.717, 1.165) is 24.2 Å². The molecule has 0 amide bonds. The van der Waals surface area contributed by atoms with E-state index in [1.165, 1.54) is 19.3 Å². The second-order valence-electron chi connectivity index (χ2n) is 5.38. The molecule has 2 heteroatoms. The van der Waals surface area contributed by atoms with E-state index in [-0.39, 0.29) is 5.92 Å². The predicted molar refractivity (Wildman–Crippen MR) is 77.7 cm³/mol. The summed E-state index contributed by atoms with van der Waals surface area (Å²) in [4.78, 5) is 12.7. The summed E-state index contributed by atoms with van der Waals surface area (Å²) in [5.41, 5.74) is 0.816. The van der Waals surface area contributed by atoms with Crippen LogP contribution in [0.5, 0.6) is 5.75 Å². The van der Waals surface area contributed by atoms with Crippen molar-refractivity contribution in [2.45, 2.75) is 46.0 Å². The summed E-state index contributed by atoms with van der Waals surface area (Å²) < 4.78 is 5.48. The SMILES string of the molecule is CCOc1cccc(C(=O)C2CCCCC2CC)c1. The summed E-state index contributed by atoms with van der Waals surface area (Å²) in [6, 6.07) is 7.65. The second kappa shape index (κ2) is 6.74. The van der Waals surface area contributed by atoms with Crippen LogP contribution < -0.4 is 4.74 Å². The van der Waals surface area contributed by atoms with Gasteiger partial charge in [0.25, 0.3) is 0 Å². The van der Waals surface area contributed by atoms with Gasteiger partial charge in [-0.05, 0) is 37.8 Å². The van der Waals surface area contributed by atoms with Gasteiger partial charge in [0.1, 0.15) is 5.75 Å². The third-order valence-corrected chi connectivity index (χ3v) is 4.20. The molecule has 1 saturated carbocycles. The topological polar surface area (TPSA) is 26.3 Å². The van der Waals surface area contributed by atoms with Crippen LogP contribution in [-0.4, -0.2) is 12.4 Å². The first-order chi connectivity index (χ1) is 9.26. The molecule has 0 radical (unpaired) electrons. The fraction of sp³-hybridized carbons (Fsp3) is 0.588. The van der Waals surface area contributed by atoms with Crippen LogP contribution in [0.4, 0.5) is 0 Å². The molecule has 0 spiro atoms. The van der Waals surface area contributed by atoms with Crippen LogP contribution >= 0.6 is 0 Å². The first kappa shape index (κ1) is 14.1. The van der Waals surface area contributed by atoms with Crippen molar-refractivity contribution in [3.8, 4) is 5.75 Å². The molecule has 0 aliphatic heterocycles. The van der Waals surface area contributed by atoms with Gasteiger partial charge in [-0.1, -0.05) is 38.3 Å². The summed E-state index contributed by atoms with van der Waals surface area (Å²) in [6.45, 7) is 4.80. The number of rotatable bonds is 5. The van der Waals surface area contributed by atoms with E-state index < -0.39 is 0 Å². The Morgan fingerprint density at radius 2 is 2.05 bits per heavy atom. The average molecular weight is 260 g/mol. The van der Waals surface area contributed by atoms with E-state index in [2.05, 4.69) is 6.92 Å². The van der Waals surface area contributed by atoms with Gasteiger partial charge in [0.2, 0.25) is 0 Å². The molecule has 1 fully saturated rings. The smallest absolute Gasteiger partial charge is 0.166 e. The highest BCUT2D eigenvalue weighted by molar-refractivity contribution is 5.98. The van der Waals surface area contributed by atoms with Crippen LogP contribution in [0.1, 0.15) is 56.3 Å². The molecule has 1 aromatic carbocycles. The molecule has 0 N–H and O–H groups in total. The van der Waals surface area contributed by atoms with Gasteiger partial charge in [-0.15, -0.1) is 0 Å². The van der Waals surface area contributed by atoms with Crippen molar-refractivity contribution in [3.05, 3.63) is 29.8 Å². The predicted octanol–water partition coefficient (Wildman–Crippen LogP) is 4.48. The summed E-state index contributed by atoms with van der Waals surface area (Å²) in [5.74, 6) is 1.90. The van der Waals surface area contributed by atoms with E-state index in [1.54, 1.807) is 0 Å². The van der Waals surface area contributed by atoms with Crippen LogP contribution in [0.25, 0.3) is 0 Å². The van der Waals surface area contributed by atoms with Gasteiger partial charge in [0, 0.05) is 11.5 Å². The minimum absolute atomic E-state index is 0.218. The lowest BCUT2D eigenvalue weighted by Crippen LogP contribution is -2.27. The molecule has 1 aliphatic carbocycles. The normalized spacial score (nSPS) is 23.1. The zero-order valence-corrected chi connectivity index (χ0v) is 12.0. The minimum Gasteiger partial charge on any atom is -0.494 e. The molecule has 0 saturated heterocycles. The van der Waals surface area contributed by atoms with Crippen molar-refractivity contribution in [1.82, 2.24) is 0 Å². The Bertz CT molecular complexity index is 425. The maximum atomic E-state index is 12.7. The summed E-state index contributed by atoms with van der Waals surface area (Å²) >= 11 is 0. The highest BCUT2D eigenvalue weighted by Gasteiger charge is 2.30. The fourth-order valence-corrected chi connectivity index (χ4v) is 3.16. The molecule has 0 heterocycles. The van der Waals surface area contributed by atoms with Gasteiger partial charge in [0.05, 0.1) is 6.61 Å². The third kappa shape index (κ3) is 3.37. The summed E-state index contributed by atoms with van der Waals surface area (Å²) in [7, 11) is 0. The van der Waals surface area contributed by atoms with E-state index in [4.69, 9.17) is 4.74 Å². The van der Waals surface area contributed by atoms with Crippen molar-refractivity contribution in [2.24, 2.45) is 11.8 Å². The largest absolute Gasteiger partial charge is 0.494 e. The maximum Gasteiger partial charge on any atom is 0.166 e. The lowest BCUT2D eigenvalue weighted by Gasteiger charge is -2.29. The lowest BCUT2D eigenvalue weighted by molar-refractivity contribution is 0.0820. The van der Waals surface area contributed by atoms with Gasteiger partial charge >= 0.3 is 0 Å². The molecule has 1 aliphatic rings. The molecule has 0 aromatic heterocycles. The first-order valence-corrected chi connectivity index (χ1v) is 7.53.